The number of methoxy groups -OCH3 is 1. The Kier molecular flexibility index (Phi) is 3.99. The van der Waals surface area contributed by atoms with E-state index < -0.39 is 0 Å². The molecule has 1 aromatic rings. The molecule has 94 valence electrons. The average molecular weight is 256 g/mol. The lowest BCUT2D eigenvalue weighted by Gasteiger charge is -2.23. The van der Waals surface area contributed by atoms with Gasteiger partial charge >= 0.3 is 0 Å². The van der Waals surface area contributed by atoms with Gasteiger partial charge in [-0.1, -0.05) is 0 Å². The number of halogens is 1. The Labute approximate surface area is 105 Å². The number of nitrogen functional groups attached to an aromatic ring is 1. The second-order valence-electron chi connectivity index (χ2n) is 4.00. The Morgan fingerprint density at radius 2 is 2.18 bits per heavy atom. The maximum Gasteiger partial charge on any atom is 0.148 e. The van der Waals surface area contributed by atoms with Crippen LogP contribution in [0.3, 0.4) is 0 Å². The van der Waals surface area contributed by atoms with Crippen molar-refractivity contribution in [2.75, 3.05) is 42.3 Å². The molecule has 0 amide bonds. The zero-order valence-electron chi connectivity index (χ0n) is 9.91. The van der Waals surface area contributed by atoms with Crippen LogP contribution in [-0.2, 0) is 0 Å². The van der Waals surface area contributed by atoms with Crippen molar-refractivity contribution >= 4 is 23.1 Å². The smallest absolute Gasteiger partial charge is 0.148 e. The van der Waals surface area contributed by atoms with E-state index in [4.69, 9.17) is 10.5 Å². The fraction of sp³-hybridized carbons (Fsp3) is 0.500. The summed E-state index contributed by atoms with van der Waals surface area (Å²) in [4.78, 5) is 2.07. The number of anilines is 2. The predicted octanol–water partition coefficient (Wildman–Crippen LogP) is 2.36. The van der Waals surface area contributed by atoms with Crippen LogP contribution in [0.25, 0.3) is 0 Å². The van der Waals surface area contributed by atoms with Gasteiger partial charge in [-0.15, -0.1) is 0 Å². The van der Waals surface area contributed by atoms with Crippen molar-refractivity contribution < 1.29 is 9.13 Å². The maximum absolute atomic E-state index is 13.9. The Morgan fingerprint density at radius 1 is 1.35 bits per heavy atom. The summed E-state index contributed by atoms with van der Waals surface area (Å²) in [6, 6.07) is 3.03. The molecule has 5 heteroatoms. The van der Waals surface area contributed by atoms with Crippen LogP contribution in [0.1, 0.15) is 6.42 Å². The molecule has 0 atom stereocenters. The summed E-state index contributed by atoms with van der Waals surface area (Å²) in [7, 11) is 1.55. The molecule has 3 nitrogen and oxygen atoms in total. The Balaban J connectivity index is 2.29. The lowest BCUT2D eigenvalue weighted by atomic mass is 10.2. The number of thioether (sulfide) groups is 1. The van der Waals surface area contributed by atoms with Crippen LogP contribution in [0.15, 0.2) is 12.1 Å². The Morgan fingerprint density at radius 3 is 2.94 bits per heavy atom. The van der Waals surface area contributed by atoms with E-state index in [-0.39, 0.29) is 5.82 Å². The first-order chi connectivity index (χ1) is 8.22. The third-order valence-corrected chi connectivity index (χ3v) is 3.91. The number of hydrogen-bond acceptors (Lipinski definition) is 4. The molecule has 1 aliphatic rings. The van der Waals surface area contributed by atoms with Crippen molar-refractivity contribution in [3.8, 4) is 5.75 Å². The monoisotopic (exact) mass is 256 g/mol. The van der Waals surface area contributed by atoms with Crippen LogP contribution < -0.4 is 15.4 Å². The summed E-state index contributed by atoms with van der Waals surface area (Å²) in [5.74, 6) is 2.45. The van der Waals surface area contributed by atoms with Gasteiger partial charge in [0.25, 0.3) is 0 Å². The molecule has 0 spiro atoms. The van der Waals surface area contributed by atoms with E-state index in [2.05, 4.69) is 4.90 Å². The van der Waals surface area contributed by atoms with Crippen LogP contribution in [0.2, 0.25) is 0 Å². The van der Waals surface area contributed by atoms with Crippen molar-refractivity contribution in [1.29, 1.82) is 0 Å². The zero-order valence-corrected chi connectivity index (χ0v) is 10.7. The highest BCUT2D eigenvalue weighted by atomic mass is 32.2. The van der Waals surface area contributed by atoms with Gasteiger partial charge in [-0.3, -0.25) is 0 Å². The van der Waals surface area contributed by atoms with Crippen LogP contribution >= 0.6 is 11.8 Å². The molecule has 0 unspecified atom stereocenters. The molecule has 2 rings (SSSR count). The van der Waals surface area contributed by atoms with Gasteiger partial charge in [0.05, 0.1) is 18.5 Å². The molecule has 1 heterocycles. The molecular weight excluding hydrogens is 239 g/mol. The fourth-order valence-corrected chi connectivity index (χ4v) is 2.85. The van der Waals surface area contributed by atoms with E-state index in [0.717, 1.165) is 31.0 Å². The summed E-state index contributed by atoms with van der Waals surface area (Å²) in [5, 5.41) is 0. The number of hydrogen-bond donors (Lipinski definition) is 1. The summed E-state index contributed by atoms with van der Waals surface area (Å²) in [5.41, 5.74) is 6.61. The Bertz CT molecular complexity index is 392. The first kappa shape index (κ1) is 12.4. The molecule has 0 bridgehead atoms. The molecule has 1 aliphatic heterocycles. The van der Waals surface area contributed by atoms with E-state index >= 15 is 0 Å². The van der Waals surface area contributed by atoms with Crippen molar-refractivity contribution in [1.82, 2.24) is 0 Å². The van der Waals surface area contributed by atoms with Gasteiger partial charge < -0.3 is 15.4 Å². The normalized spacial score (nSPS) is 16.7. The number of nitrogens with zero attached hydrogens (tertiary/aromatic N) is 1. The molecule has 1 saturated heterocycles. The van der Waals surface area contributed by atoms with Crippen molar-refractivity contribution in [3.63, 3.8) is 0 Å². The van der Waals surface area contributed by atoms with Crippen molar-refractivity contribution in [3.05, 3.63) is 17.9 Å². The van der Waals surface area contributed by atoms with E-state index in [0.29, 0.717) is 17.1 Å². The van der Waals surface area contributed by atoms with Gasteiger partial charge in [-0.25, -0.2) is 4.39 Å². The second-order valence-corrected chi connectivity index (χ2v) is 5.22. The van der Waals surface area contributed by atoms with E-state index in [9.17, 15) is 4.39 Å². The summed E-state index contributed by atoms with van der Waals surface area (Å²) in [6.45, 7) is 1.76. The van der Waals surface area contributed by atoms with Crippen LogP contribution in [0, 0.1) is 5.82 Å². The van der Waals surface area contributed by atoms with E-state index in [1.165, 1.54) is 6.07 Å². The van der Waals surface area contributed by atoms with Crippen LogP contribution in [0.4, 0.5) is 15.8 Å². The van der Waals surface area contributed by atoms with Gasteiger partial charge in [-0.05, 0) is 12.2 Å². The number of benzene rings is 1. The lowest BCUT2D eigenvalue weighted by molar-refractivity contribution is 0.416. The highest BCUT2D eigenvalue weighted by molar-refractivity contribution is 7.99. The van der Waals surface area contributed by atoms with E-state index in [1.807, 2.05) is 11.8 Å². The highest BCUT2D eigenvalue weighted by Gasteiger charge is 2.16. The SMILES string of the molecule is COc1cc(N2CCCSCC2)c(F)cc1N. The average Bonchev–Trinajstić information content (AvgIpc) is 2.58. The molecule has 17 heavy (non-hydrogen) atoms. The zero-order chi connectivity index (χ0) is 12.3. The Hall–Kier alpha value is -1.10. The van der Waals surface area contributed by atoms with E-state index in [1.54, 1.807) is 13.2 Å². The minimum absolute atomic E-state index is 0.268. The second kappa shape index (κ2) is 5.49. The largest absolute Gasteiger partial charge is 0.495 e. The summed E-state index contributed by atoms with van der Waals surface area (Å²) < 4.78 is 19.0. The van der Waals surface area contributed by atoms with Gasteiger partial charge in [0, 0.05) is 31.0 Å². The maximum atomic E-state index is 13.9. The molecule has 0 aliphatic carbocycles. The predicted molar refractivity (Wildman–Crippen MR) is 71.5 cm³/mol. The summed E-state index contributed by atoms with van der Waals surface area (Å²) >= 11 is 1.91. The highest BCUT2D eigenvalue weighted by Crippen LogP contribution is 2.31. The van der Waals surface area contributed by atoms with Crippen molar-refractivity contribution in [2.45, 2.75) is 6.42 Å². The summed E-state index contributed by atoms with van der Waals surface area (Å²) in [6.07, 6.45) is 1.08. The molecule has 0 saturated carbocycles. The molecule has 0 radical (unpaired) electrons. The molecule has 2 N–H and O–H groups in total. The first-order valence-electron chi connectivity index (χ1n) is 5.68. The third-order valence-electron chi connectivity index (χ3n) is 2.86. The molecular formula is C12H17FN2OS. The molecule has 0 aromatic heterocycles. The standard InChI is InChI=1S/C12H17FN2OS/c1-16-12-8-11(9(13)7-10(12)14)15-3-2-5-17-6-4-15/h7-8H,2-6,14H2,1H3. The van der Waals surface area contributed by atoms with Crippen LogP contribution in [0.5, 0.6) is 5.75 Å². The quantitative estimate of drug-likeness (QED) is 0.824. The number of rotatable bonds is 2. The minimum atomic E-state index is -0.268. The number of ether oxygens (including phenoxy) is 1. The van der Waals surface area contributed by atoms with Gasteiger partial charge in [-0.2, -0.15) is 11.8 Å². The van der Waals surface area contributed by atoms with Crippen molar-refractivity contribution in [2.24, 2.45) is 0 Å². The third kappa shape index (κ3) is 2.77. The van der Waals surface area contributed by atoms with Crippen LogP contribution in [-0.4, -0.2) is 31.7 Å². The lowest BCUT2D eigenvalue weighted by Crippen LogP contribution is -2.26. The van der Waals surface area contributed by atoms with Gasteiger partial charge in [0.15, 0.2) is 0 Å². The fourth-order valence-electron chi connectivity index (χ4n) is 1.96. The first-order valence-corrected chi connectivity index (χ1v) is 6.83. The molecule has 1 fully saturated rings. The van der Waals surface area contributed by atoms with Gasteiger partial charge in [0.2, 0.25) is 0 Å². The minimum Gasteiger partial charge on any atom is -0.495 e. The van der Waals surface area contributed by atoms with Gasteiger partial charge in [0.1, 0.15) is 11.6 Å². The topological polar surface area (TPSA) is 38.5 Å². The molecule has 1 aromatic carbocycles. The number of nitrogens with two attached hydrogens (primary N) is 1.